The van der Waals surface area contributed by atoms with E-state index in [1.54, 1.807) is 13.0 Å². The van der Waals surface area contributed by atoms with Gasteiger partial charge in [0.25, 0.3) is 5.56 Å². The number of ether oxygens (including phenoxy) is 1. The Morgan fingerprint density at radius 3 is 2.72 bits per heavy atom. The first-order valence-corrected chi connectivity index (χ1v) is 8.15. The van der Waals surface area contributed by atoms with Gasteiger partial charge in [0, 0.05) is 17.0 Å². The largest absolute Gasteiger partial charge is 0.465 e. The topological polar surface area (TPSA) is 65.6 Å². The highest BCUT2D eigenvalue weighted by Gasteiger charge is 2.18. The summed E-state index contributed by atoms with van der Waals surface area (Å²) in [5.74, 6) is -0.441. The summed E-state index contributed by atoms with van der Waals surface area (Å²) in [6.07, 6.45) is 1.87. The van der Waals surface area contributed by atoms with Crippen molar-refractivity contribution in [3.63, 3.8) is 0 Å². The van der Waals surface area contributed by atoms with Gasteiger partial charge in [-0.15, -0.1) is 0 Å². The van der Waals surface area contributed by atoms with Gasteiger partial charge < -0.3 is 4.74 Å². The molecule has 0 saturated heterocycles. The highest BCUT2D eigenvalue weighted by Crippen LogP contribution is 2.24. The van der Waals surface area contributed by atoms with Gasteiger partial charge in [0.2, 0.25) is 0 Å². The van der Waals surface area contributed by atoms with Crippen molar-refractivity contribution in [2.75, 3.05) is 6.61 Å². The molecule has 25 heavy (non-hydrogen) atoms. The van der Waals surface area contributed by atoms with E-state index in [-0.39, 0.29) is 18.7 Å². The monoisotopic (exact) mass is 335 g/mol. The van der Waals surface area contributed by atoms with Crippen molar-refractivity contribution in [3.05, 3.63) is 58.5 Å². The lowest BCUT2D eigenvalue weighted by Gasteiger charge is -2.10. The van der Waals surface area contributed by atoms with E-state index in [0.29, 0.717) is 16.6 Å². The van der Waals surface area contributed by atoms with E-state index in [2.05, 4.69) is 0 Å². The van der Waals surface area contributed by atoms with Crippen LogP contribution in [0.5, 0.6) is 0 Å². The molecule has 6 heteroatoms. The van der Waals surface area contributed by atoms with E-state index in [1.165, 1.54) is 4.57 Å². The Kier molecular flexibility index (Phi) is 3.53. The number of hydrogen-bond acceptors (Lipinski definition) is 4. The highest BCUT2D eigenvalue weighted by molar-refractivity contribution is 6.04. The van der Waals surface area contributed by atoms with E-state index in [0.717, 1.165) is 16.6 Å². The number of pyridine rings is 2. The van der Waals surface area contributed by atoms with Gasteiger partial charge in [0.15, 0.2) is 0 Å². The molecule has 0 fully saturated rings. The molecular formula is C19H17N3O3. The van der Waals surface area contributed by atoms with Crippen LogP contribution >= 0.6 is 0 Å². The number of aromatic nitrogens is 3. The zero-order valence-electron chi connectivity index (χ0n) is 14.0. The molecule has 6 nitrogen and oxygen atoms in total. The Morgan fingerprint density at radius 1 is 1.20 bits per heavy atom. The fourth-order valence-corrected chi connectivity index (χ4v) is 3.17. The maximum Gasteiger partial charge on any atom is 0.326 e. The fraction of sp³-hybridized carbons (Fsp3) is 0.211. The van der Waals surface area contributed by atoms with Crippen LogP contribution in [0.25, 0.3) is 27.6 Å². The molecule has 0 spiro atoms. The molecule has 1 aromatic carbocycles. The number of fused-ring (bicyclic) bond motifs is 5. The second-order valence-electron chi connectivity index (χ2n) is 5.96. The summed E-state index contributed by atoms with van der Waals surface area (Å²) < 4.78 is 8.33. The van der Waals surface area contributed by atoms with Crippen LogP contribution in [-0.2, 0) is 16.1 Å². The molecule has 0 N–H and O–H groups in total. The van der Waals surface area contributed by atoms with Crippen LogP contribution in [0.15, 0.2) is 47.4 Å². The Balaban J connectivity index is 2.16. The molecule has 0 aliphatic carbocycles. The summed E-state index contributed by atoms with van der Waals surface area (Å²) in [6.45, 7) is 3.86. The second-order valence-corrected chi connectivity index (χ2v) is 5.96. The van der Waals surface area contributed by atoms with Gasteiger partial charge in [-0.25, -0.2) is 4.98 Å². The standard InChI is InChI=1S/C19H17N3O3/c1-3-25-16(23)11-22-18-17(13-6-4-5-7-14(13)19(22)24)20-15-10-12(2)8-9-21(15)18/h4-10H,3,11H2,1-2H3. The van der Waals surface area contributed by atoms with Crippen molar-refractivity contribution in [3.8, 4) is 0 Å². The molecule has 3 aromatic heterocycles. The minimum Gasteiger partial charge on any atom is -0.465 e. The number of aryl methyl sites for hydroxylation is 1. The Morgan fingerprint density at radius 2 is 1.96 bits per heavy atom. The third-order valence-corrected chi connectivity index (χ3v) is 4.26. The summed E-state index contributed by atoms with van der Waals surface area (Å²) in [5, 5.41) is 1.32. The van der Waals surface area contributed by atoms with Gasteiger partial charge in [-0.05, 0) is 37.6 Å². The Labute approximate surface area is 143 Å². The minimum atomic E-state index is -0.441. The Hall–Kier alpha value is -3.15. The number of hydrogen-bond donors (Lipinski definition) is 0. The van der Waals surface area contributed by atoms with E-state index < -0.39 is 5.97 Å². The van der Waals surface area contributed by atoms with Crippen LogP contribution in [0.1, 0.15) is 12.5 Å². The molecule has 126 valence electrons. The lowest BCUT2D eigenvalue weighted by molar-refractivity contribution is -0.143. The maximum absolute atomic E-state index is 13.0. The summed E-state index contributed by atoms with van der Waals surface area (Å²) in [7, 11) is 0. The summed E-state index contributed by atoms with van der Waals surface area (Å²) in [4.78, 5) is 29.8. The molecule has 0 amide bonds. The molecule has 0 bridgehead atoms. The summed E-state index contributed by atoms with van der Waals surface area (Å²) in [5.41, 5.74) is 2.89. The smallest absolute Gasteiger partial charge is 0.326 e. The number of carbonyl (C=O) groups is 1. The average molecular weight is 335 g/mol. The molecule has 4 aromatic rings. The van der Waals surface area contributed by atoms with Crippen molar-refractivity contribution in [1.29, 1.82) is 0 Å². The number of carbonyl (C=O) groups excluding carboxylic acids is 1. The van der Waals surface area contributed by atoms with Crippen LogP contribution in [0.4, 0.5) is 0 Å². The van der Waals surface area contributed by atoms with Crippen LogP contribution < -0.4 is 5.56 Å². The third kappa shape index (κ3) is 2.38. The molecule has 0 unspecified atom stereocenters. The molecule has 3 heterocycles. The predicted octanol–water partition coefficient (Wildman–Crippen LogP) is 2.67. The summed E-state index contributed by atoms with van der Waals surface area (Å²) in [6, 6.07) is 11.2. The Bertz CT molecular complexity index is 1190. The number of imidazole rings is 1. The predicted molar refractivity (Wildman–Crippen MR) is 95.8 cm³/mol. The number of esters is 1. The highest BCUT2D eigenvalue weighted by atomic mass is 16.5. The molecular weight excluding hydrogens is 318 g/mol. The van der Waals surface area contributed by atoms with Gasteiger partial charge in [0.05, 0.1) is 6.61 Å². The SMILES string of the molecule is CCOC(=O)Cn1c(=O)c2ccccc2c2nc3cc(C)ccn3c21. The van der Waals surface area contributed by atoms with E-state index in [9.17, 15) is 9.59 Å². The summed E-state index contributed by atoms with van der Waals surface area (Å²) >= 11 is 0. The van der Waals surface area contributed by atoms with Crippen LogP contribution in [-0.4, -0.2) is 26.5 Å². The number of nitrogens with zero attached hydrogens (tertiary/aromatic N) is 3. The van der Waals surface area contributed by atoms with Gasteiger partial charge in [0.1, 0.15) is 23.4 Å². The van der Waals surface area contributed by atoms with E-state index in [1.807, 2.05) is 47.9 Å². The van der Waals surface area contributed by atoms with Crippen molar-refractivity contribution >= 4 is 33.6 Å². The fourth-order valence-electron chi connectivity index (χ4n) is 3.17. The minimum absolute atomic E-state index is 0.143. The van der Waals surface area contributed by atoms with Gasteiger partial charge in [-0.3, -0.25) is 18.6 Å². The van der Waals surface area contributed by atoms with Crippen molar-refractivity contribution < 1.29 is 9.53 Å². The lowest BCUT2D eigenvalue weighted by Crippen LogP contribution is -2.26. The third-order valence-electron chi connectivity index (χ3n) is 4.26. The zero-order valence-corrected chi connectivity index (χ0v) is 14.0. The average Bonchev–Trinajstić information content (AvgIpc) is 2.97. The first kappa shape index (κ1) is 15.4. The molecule has 4 rings (SSSR count). The van der Waals surface area contributed by atoms with Gasteiger partial charge >= 0.3 is 5.97 Å². The van der Waals surface area contributed by atoms with Gasteiger partial charge in [-0.2, -0.15) is 0 Å². The molecule has 0 aliphatic rings. The van der Waals surface area contributed by atoms with Crippen molar-refractivity contribution in [2.24, 2.45) is 0 Å². The molecule has 0 atom stereocenters. The van der Waals surface area contributed by atoms with Crippen molar-refractivity contribution in [1.82, 2.24) is 14.0 Å². The normalized spacial score (nSPS) is 11.4. The van der Waals surface area contributed by atoms with Crippen molar-refractivity contribution in [2.45, 2.75) is 20.4 Å². The van der Waals surface area contributed by atoms with Crippen LogP contribution in [0.2, 0.25) is 0 Å². The van der Waals surface area contributed by atoms with E-state index >= 15 is 0 Å². The maximum atomic E-state index is 13.0. The molecule has 0 saturated carbocycles. The van der Waals surface area contributed by atoms with Crippen LogP contribution in [0, 0.1) is 6.92 Å². The molecule has 0 aliphatic heterocycles. The quantitative estimate of drug-likeness (QED) is 0.540. The second kappa shape index (κ2) is 5.73. The first-order chi connectivity index (χ1) is 12.1. The van der Waals surface area contributed by atoms with Crippen LogP contribution in [0.3, 0.4) is 0 Å². The lowest BCUT2D eigenvalue weighted by atomic mass is 10.1. The van der Waals surface area contributed by atoms with E-state index in [4.69, 9.17) is 9.72 Å². The number of benzene rings is 1. The number of rotatable bonds is 3. The van der Waals surface area contributed by atoms with Gasteiger partial charge in [-0.1, -0.05) is 18.2 Å². The first-order valence-electron chi connectivity index (χ1n) is 8.15. The molecule has 0 radical (unpaired) electrons. The zero-order chi connectivity index (χ0) is 17.6.